The fourth-order valence-corrected chi connectivity index (χ4v) is 2.49. The van der Waals surface area contributed by atoms with Crippen LogP contribution in [0.2, 0.25) is 0 Å². The van der Waals surface area contributed by atoms with E-state index in [9.17, 15) is 9.90 Å². The molecule has 1 N–H and O–H groups in total. The van der Waals surface area contributed by atoms with Crippen LogP contribution in [0.1, 0.15) is 41.0 Å². The Morgan fingerprint density at radius 2 is 1.89 bits per heavy atom. The zero-order valence-corrected chi connectivity index (χ0v) is 12.3. The SMILES string of the molecule is CC(C)CC1CN(C(=O)OC(C)(C)C)CC1CO. The van der Waals surface area contributed by atoms with Crippen LogP contribution >= 0.6 is 0 Å². The molecule has 0 saturated carbocycles. The highest BCUT2D eigenvalue weighted by Crippen LogP contribution is 2.29. The van der Waals surface area contributed by atoms with Crippen molar-refractivity contribution in [3.8, 4) is 0 Å². The highest BCUT2D eigenvalue weighted by Gasteiger charge is 2.36. The van der Waals surface area contributed by atoms with E-state index in [1.807, 2.05) is 20.8 Å². The maximum atomic E-state index is 12.0. The van der Waals surface area contributed by atoms with E-state index in [2.05, 4.69) is 13.8 Å². The molecule has 2 atom stereocenters. The summed E-state index contributed by atoms with van der Waals surface area (Å²) in [7, 11) is 0. The van der Waals surface area contributed by atoms with E-state index in [-0.39, 0.29) is 18.6 Å². The molecule has 0 bridgehead atoms. The summed E-state index contributed by atoms with van der Waals surface area (Å²) >= 11 is 0. The fraction of sp³-hybridized carbons (Fsp3) is 0.929. The van der Waals surface area contributed by atoms with Crippen LogP contribution in [0, 0.1) is 17.8 Å². The molecular weight excluding hydrogens is 230 g/mol. The second kappa shape index (κ2) is 5.91. The predicted octanol–water partition coefficient (Wildman–Crippen LogP) is 2.51. The van der Waals surface area contributed by atoms with Gasteiger partial charge in [-0.2, -0.15) is 0 Å². The van der Waals surface area contributed by atoms with Crippen LogP contribution in [0.15, 0.2) is 0 Å². The molecule has 2 unspecified atom stereocenters. The van der Waals surface area contributed by atoms with Crippen LogP contribution in [0.25, 0.3) is 0 Å². The first-order valence-electron chi connectivity index (χ1n) is 6.81. The van der Waals surface area contributed by atoms with Crippen molar-refractivity contribution >= 4 is 6.09 Å². The van der Waals surface area contributed by atoms with Gasteiger partial charge in [0.05, 0.1) is 0 Å². The van der Waals surface area contributed by atoms with E-state index in [0.29, 0.717) is 24.9 Å². The number of hydrogen-bond donors (Lipinski definition) is 1. The second-order valence-electron chi connectivity index (χ2n) is 6.72. The number of carbonyl (C=O) groups is 1. The Bertz CT molecular complexity index is 283. The zero-order chi connectivity index (χ0) is 13.9. The largest absolute Gasteiger partial charge is 0.444 e. The van der Waals surface area contributed by atoms with Crippen LogP contribution in [-0.4, -0.2) is 41.4 Å². The summed E-state index contributed by atoms with van der Waals surface area (Å²) in [4.78, 5) is 13.7. The lowest BCUT2D eigenvalue weighted by Crippen LogP contribution is -2.35. The number of nitrogens with zero attached hydrogens (tertiary/aromatic N) is 1. The van der Waals surface area contributed by atoms with Crippen molar-refractivity contribution in [2.24, 2.45) is 17.8 Å². The van der Waals surface area contributed by atoms with Gasteiger partial charge in [-0.25, -0.2) is 4.79 Å². The second-order valence-corrected chi connectivity index (χ2v) is 6.72. The van der Waals surface area contributed by atoms with E-state index < -0.39 is 5.60 Å². The van der Waals surface area contributed by atoms with Crippen LogP contribution in [0.4, 0.5) is 4.79 Å². The van der Waals surface area contributed by atoms with Gasteiger partial charge < -0.3 is 14.7 Å². The molecule has 4 heteroatoms. The summed E-state index contributed by atoms with van der Waals surface area (Å²) in [6.07, 6.45) is 0.789. The Balaban J connectivity index is 2.58. The summed E-state index contributed by atoms with van der Waals surface area (Å²) in [5.74, 6) is 1.17. The summed E-state index contributed by atoms with van der Waals surface area (Å²) in [6.45, 7) is 11.4. The molecule has 0 aromatic carbocycles. The van der Waals surface area contributed by atoms with Gasteiger partial charge in [0.25, 0.3) is 0 Å². The molecule has 1 saturated heterocycles. The summed E-state index contributed by atoms with van der Waals surface area (Å²) in [5, 5.41) is 9.40. The van der Waals surface area contributed by atoms with Crippen LogP contribution in [-0.2, 0) is 4.74 Å². The smallest absolute Gasteiger partial charge is 0.410 e. The number of hydrogen-bond acceptors (Lipinski definition) is 3. The summed E-state index contributed by atoms with van der Waals surface area (Å²) < 4.78 is 5.37. The molecular formula is C14H27NO3. The maximum absolute atomic E-state index is 12.0. The minimum Gasteiger partial charge on any atom is -0.444 e. The Hall–Kier alpha value is -0.770. The quantitative estimate of drug-likeness (QED) is 0.845. The van der Waals surface area contributed by atoms with Crippen molar-refractivity contribution in [3.05, 3.63) is 0 Å². The molecule has 4 nitrogen and oxygen atoms in total. The van der Waals surface area contributed by atoms with Gasteiger partial charge in [-0.3, -0.25) is 0 Å². The first-order chi connectivity index (χ1) is 8.23. The van der Waals surface area contributed by atoms with Gasteiger partial charge in [0.1, 0.15) is 5.60 Å². The lowest BCUT2D eigenvalue weighted by atomic mass is 9.89. The minimum absolute atomic E-state index is 0.149. The molecule has 0 aromatic rings. The van der Waals surface area contributed by atoms with Crippen molar-refractivity contribution in [1.29, 1.82) is 0 Å². The van der Waals surface area contributed by atoms with Gasteiger partial charge in [0.15, 0.2) is 0 Å². The topological polar surface area (TPSA) is 49.8 Å². The molecule has 1 amide bonds. The Labute approximate surface area is 110 Å². The lowest BCUT2D eigenvalue weighted by molar-refractivity contribution is 0.0280. The average molecular weight is 257 g/mol. The van der Waals surface area contributed by atoms with E-state index in [0.717, 1.165) is 6.42 Å². The molecule has 0 spiro atoms. The highest BCUT2D eigenvalue weighted by molar-refractivity contribution is 5.68. The number of amides is 1. The Morgan fingerprint density at radius 1 is 1.33 bits per heavy atom. The van der Waals surface area contributed by atoms with Gasteiger partial charge in [0.2, 0.25) is 0 Å². The third kappa shape index (κ3) is 4.48. The van der Waals surface area contributed by atoms with Gasteiger partial charge in [-0.1, -0.05) is 13.8 Å². The standard InChI is InChI=1S/C14H27NO3/c1-10(2)6-11-7-15(8-12(11)9-16)13(17)18-14(3,4)5/h10-12,16H,6-9H2,1-5H3. The molecule has 18 heavy (non-hydrogen) atoms. The normalized spacial score (nSPS) is 24.7. The monoisotopic (exact) mass is 257 g/mol. The third-order valence-corrected chi connectivity index (χ3v) is 3.24. The van der Waals surface area contributed by atoms with Gasteiger partial charge >= 0.3 is 6.09 Å². The van der Waals surface area contributed by atoms with Crippen molar-refractivity contribution in [1.82, 2.24) is 4.90 Å². The molecule has 1 heterocycles. The van der Waals surface area contributed by atoms with E-state index >= 15 is 0 Å². The third-order valence-electron chi connectivity index (χ3n) is 3.24. The predicted molar refractivity (Wildman–Crippen MR) is 71.3 cm³/mol. The van der Waals surface area contributed by atoms with Gasteiger partial charge in [-0.05, 0) is 39.0 Å². The molecule has 106 valence electrons. The number of aliphatic hydroxyl groups is 1. The number of ether oxygens (including phenoxy) is 1. The Kier molecular flexibility index (Phi) is 5.02. The van der Waals surface area contributed by atoms with Crippen LogP contribution < -0.4 is 0 Å². The van der Waals surface area contributed by atoms with Crippen molar-refractivity contribution in [3.63, 3.8) is 0 Å². The molecule has 1 rings (SSSR count). The molecule has 1 fully saturated rings. The maximum Gasteiger partial charge on any atom is 0.410 e. The van der Waals surface area contributed by atoms with Gasteiger partial charge in [-0.15, -0.1) is 0 Å². The summed E-state index contributed by atoms with van der Waals surface area (Å²) in [6, 6.07) is 0. The Morgan fingerprint density at radius 3 is 2.33 bits per heavy atom. The highest BCUT2D eigenvalue weighted by atomic mass is 16.6. The molecule has 1 aliphatic heterocycles. The zero-order valence-electron chi connectivity index (χ0n) is 12.3. The first-order valence-corrected chi connectivity index (χ1v) is 6.81. The fourth-order valence-electron chi connectivity index (χ4n) is 2.49. The summed E-state index contributed by atoms with van der Waals surface area (Å²) in [5.41, 5.74) is -0.456. The molecule has 0 aromatic heterocycles. The number of carbonyl (C=O) groups excluding carboxylic acids is 1. The molecule has 0 aliphatic carbocycles. The van der Waals surface area contributed by atoms with Crippen LogP contribution in [0.5, 0.6) is 0 Å². The lowest BCUT2D eigenvalue weighted by Gasteiger charge is -2.24. The van der Waals surface area contributed by atoms with Crippen LogP contribution in [0.3, 0.4) is 0 Å². The van der Waals surface area contributed by atoms with Crippen molar-refractivity contribution in [2.75, 3.05) is 19.7 Å². The number of aliphatic hydroxyl groups excluding tert-OH is 1. The molecule has 1 aliphatic rings. The average Bonchev–Trinajstić information content (AvgIpc) is 2.57. The minimum atomic E-state index is -0.456. The van der Waals surface area contributed by atoms with E-state index in [1.54, 1.807) is 4.90 Å². The molecule has 0 radical (unpaired) electrons. The van der Waals surface area contributed by atoms with E-state index in [4.69, 9.17) is 4.74 Å². The number of likely N-dealkylation sites (tertiary alicyclic amines) is 1. The van der Waals surface area contributed by atoms with Crippen molar-refractivity contribution in [2.45, 2.75) is 46.6 Å². The van der Waals surface area contributed by atoms with Gasteiger partial charge in [0, 0.05) is 25.6 Å². The van der Waals surface area contributed by atoms with Crippen molar-refractivity contribution < 1.29 is 14.6 Å². The van der Waals surface area contributed by atoms with E-state index in [1.165, 1.54) is 0 Å². The number of rotatable bonds is 3. The first kappa shape index (κ1) is 15.3.